The number of carbonyl (C=O) groups excluding carboxylic acids is 1. The highest BCUT2D eigenvalue weighted by Crippen LogP contribution is 2.35. The molecule has 3 rings (SSSR count). The number of sulfonamides is 1. The SMILES string of the molecule is CON(C)S(=O)(=O)c1cccc(C(=O)OCc2cc3c(cc2Br)OCCO3)c1. The lowest BCUT2D eigenvalue weighted by Crippen LogP contribution is -2.25. The molecule has 1 aliphatic heterocycles. The van der Waals surface area contributed by atoms with Crippen LogP contribution in [-0.2, 0) is 26.2 Å². The summed E-state index contributed by atoms with van der Waals surface area (Å²) in [4.78, 5) is 17.1. The Morgan fingerprint density at radius 3 is 2.54 bits per heavy atom. The fourth-order valence-electron chi connectivity index (χ4n) is 2.47. The van der Waals surface area contributed by atoms with Gasteiger partial charge in [-0.25, -0.2) is 13.2 Å². The van der Waals surface area contributed by atoms with Crippen LogP contribution in [0.5, 0.6) is 11.5 Å². The Kier molecular flexibility index (Phi) is 6.23. The largest absolute Gasteiger partial charge is 0.486 e. The summed E-state index contributed by atoms with van der Waals surface area (Å²) in [5.74, 6) is 0.545. The number of hydrogen-bond donors (Lipinski definition) is 0. The Morgan fingerprint density at radius 1 is 1.18 bits per heavy atom. The number of halogens is 1. The maximum atomic E-state index is 12.4. The maximum Gasteiger partial charge on any atom is 0.338 e. The van der Waals surface area contributed by atoms with Gasteiger partial charge in [0, 0.05) is 17.1 Å². The van der Waals surface area contributed by atoms with E-state index >= 15 is 0 Å². The summed E-state index contributed by atoms with van der Waals surface area (Å²) in [7, 11) is -1.36. The molecule has 1 heterocycles. The van der Waals surface area contributed by atoms with E-state index in [0.717, 1.165) is 0 Å². The van der Waals surface area contributed by atoms with Crippen LogP contribution >= 0.6 is 15.9 Å². The normalized spacial score (nSPS) is 13.4. The second kappa shape index (κ2) is 8.48. The number of rotatable bonds is 6. The van der Waals surface area contributed by atoms with E-state index < -0.39 is 16.0 Å². The summed E-state index contributed by atoms with van der Waals surface area (Å²) < 4.78 is 42.4. The van der Waals surface area contributed by atoms with Crippen LogP contribution in [0.4, 0.5) is 0 Å². The van der Waals surface area contributed by atoms with Crippen LogP contribution in [-0.4, -0.2) is 46.2 Å². The Balaban J connectivity index is 1.75. The van der Waals surface area contributed by atoms with Gasteiger partial charge in [-0.1, -0.05) is 26.5 Å². The molecule has 0 spiro atoms. The molecule has 2 aromatic rings. The summed E-state index contributed by atoms with van der Waals surface area (Å²) in [6, 6.07) is 9.05. The highest BCUT2D eigenvalue weighted by atomic mass is 79.9. The van der Waals surface area contributed by atoms with Crippen molar-refractivity contribution >= 4 is 31.9 Å². The number of esters is 1. The van der Waals surface area contributed by atoms with Crippen molar-refractivity contribution < 1.29 is 32.3 Å². The predicted molar refractivity (Wildman–Crippen MR) is 103 cm³/mol. The number of hydrogen-bond acceptors (Lipinski definition) is 7. The van der Waals surface area contributed by atoms with Gasteiger partial charge in [-0.15, -0.1) is 0 Å². The third-order valence-electron chi connectivity index (χ3n) is 4.03. The third-order valence-corrected chi connectivity index (χ3v) is 6.45. The number of ether oxygens (including phenoxy) is 3. The van der Waals surface area contributed by atoms with Crippen LogP contribution in [0.25, 0.3) is 0 Å². The van der Waals surface area contributed by atoms with Gasteiger partial charge in [0.05, 0.1) is 17.6 Å². The molecule has 0 saturated carbocycles. The fraction of sp³-hybridized carbons (Fsp3) is 0.278. The van der Waals surface area contributed by atoms with Crippen molar-refractivity contribution in [3.8, 4) is 11.5 Å². The van der Waals surface area contributed by atoms with Crippen molar-refractivity contribution in [2.24, 2.45) is 0 Å². The molecule has 10 heteroatoms. The van der Waals surface area contributed by atoms with Gasteiger partial charge in [0.25, 0.3) is 10.0 Å². The highest BCUT2D eigenvalue weighted by Gasteiger charge is 2.22. The summed E-state index contributed by atoms with van der Waals surface area (Å²) in [5, 5.41) is 0. The molecular formula is C18H18BrNO7S. The molecule has 0 aromatic heterocycles. The van der Waals surface area contributed by atoms with Gasteiger partial charge in [-0.2, -0.15) is 0 Å². The third kappa shape index (κ3) is 4.30. The van der Waals surface area contributed by atoms with Crippen molar-refractivity contribution in [1.82, 2.24) is 4.47 Å². The first-order valence-electron chi connectivity index (χ1n) is 8.21. The lowest BCUT2D eigenvalue weighted by Gasteiger charge is -2.20. The van der Waals surface area contributed by atoms with E-state index in [1.54, 1.807) is 12.1 Å². The Bertz CT molecular complexity index is 993. The molecular weight excluding hydrogens is 454 g/mol. The topological polar surface area (TPSA) is 91.4 Å². The lowest BCUT2D eigenvalue weighted by molar-refractivity contribution is -0.0258. The Hall–Kier alpha value is -2.14. The molecule has 0 unspecified atom stereocenters. The van der Waals surface area contributed by atoms with Crippen LogP contribution < -0.4 is 9.47 Å². The number of carbonyl (C=O) groups is 1. The minimum Gasteiger partial charge on any atom is -0.486 e. The van der Waals surface area contributed by atoms with Gasteiger partial charge in [0.15, 0.2) is 11.5 Å². The second-order valence-corrected chi connectivity index (χ2v) is 8.58. The smallest absolute Gasteiger partial charge is 0.338 e. The average molecular weight is 472 g/mol. The summed E-state index contributed by atoms with van der Waals surface area (Å²) in [6.07, 6.45) is 0. The minimum absolute atomic E-state index is 0.0228. The Labute approximate surface area is 171 Å². The number of nitrogens with zero attached hydrogens (tertiary/aromatic N) is 1. The zero-order chi connectivity index (χ0) is 20.3. The predicted octanol–water partition coefficient (Wildman–Crippen LogP) is 2.76. The molecule has 0 fully saturated rings. The zero-order valence-electron chi connectivity index (χ0n) is 15.2. The van der Waals surface area contributed by atoms with Gasteiger partial charge in [0.1, 0.15) is 19.8 Å². The van der Waals surface area contributed by atoms with Crippen molar-refractivity contribution in [2.45, 2.75) is 11.5 Å². The van der Waals surface area contributed by atoms with Gasteiger partial charge in [-0.05, 0) is 30.3 Å². The van der Waals surface area contributed by atoms with Crippen molar-refractivity contribution in [3.63, 3.8) is 0 Å². The summed E-state index contributed by atoms with van der Waals surface area (Å²) in [5.41, 5.74) is 0.805. The first-order chi connectivity index (χ1) is 13.3. The van der Waals surface area contributed by atoms with Crippen LogP contribution in [0.2, 0.25) is 0 Å². The lowest BCUT2D eigenvalue weighted by atomic mass is 10.2. The second-order valence-electron chi connectivity index (χ2n) is 5.79. The molecule has 8 nitrogen and oxygen atoms in total. The number of benzene rings is 2. The summed E-state index contributed by atoms with van der Waals surface area (Å²) in [6.45, 7) is 0.904. The standard InChI is InChI=1S/C18H18BrNO7S/c1-20(24-2)28(22,23)14-5-3-4-12(8-14)18(21)27-11-13-9-16-17(10-15(13)19)26-7-6-25-16/h3-5,8-10H,6-7,11H2,1-2H3. The molecule has 0 atom stereocenters. The molecule has 0 N–H and O–H groups in total. The van der Waals surface area contributed by atoms with Gasteiger partial charge in [-0.3, -0.25) is 4.84 Å². The van der Waals surface area contributed by atoms with Gasteiger partial charge in [0.2, 0.25) is 0 Å². The molecule has 0 aliphatic carbocycles. The van der Waals surface area contributed by atoms with E-state index in [2.05, 4.69) is 15.9 Å². The van der Waals surface area contributed by atoms with Crippen LogP contribution in [0.15, 0.2) is 45.8 Å². The Morgan fingerprint density at radius 2 is 1.86 bits per heavy atom. The summed E-state index contributed by atoms with van der Waals surface area (Å²) >= 11 is 3.42. The van der Waals surface area contributed by atoms with E-state index in [1.165, 1.54) is 38.4 Å². The first-order valence-corrected chi connectivity index (χ1v) is 10.4. The molecule has 150 valence electrons. The van der Waals surface area contributed by atoms with Crippen molar-refractivity contribution in [1.29, 1.82) is 0 Å². The van der Waals surface area contributed by atoms with Gasteiger partial charge >= 0.3 is 5.97 Å². The molecule has 0 saturated heterocycles. The van der Waals surface area contributed by atoms with Crippen LogP contribution in [0, 0.1) is 0 Å². The zero-order valence-corrected chi connectivity index (χ0v) is 17.6. The molecule has 0 amide bonds. The number of hydroxylamine groups is 1. The minimum atomic E-state index is -3.86. The molecule has 0 radical (unpaired) electrons. The fourth-order valence-corrected chi connectivity index (χ4v) is 3.93. The number of fused-ring (bicyclic) bond motifs is 1. The molecule has 1 aliphatic rings. The first kappa shape index (κ1) is 20.6. The van der Waals surface area contributed by atoms with Crippen LogP contribution in [0.3, 0.4) is 0 Å². The quantitative estimate of drug-likeness (QED) is 0.472. The van der Waals surface area contributed by atoms with E-state index in [1.807, 2.05) is 0 Å². The molecule has 0 bridgehead atoms. The molecule has 28 heavy (non-hydrogen) atoms. The molecule has 2 aromatic carbocycles. The van der Waals surface area contributed by atoms with Gasteiger partial charge < -0.3 is 14.2 Å². The van der Waals surface area contributed by atoms with E-state index in [9.17, 15) is 13.2 Å². The highest BCUT2D eigenvalue weighted by molar-refractivity contribution is 9.10. The average Bonchev–Trinajstić information content (AvgIpc) is 2.71. The maximum absolute atomic E-state index is 12.4. The monoisotopic (exact) mass is 471 g/mol. The van der Waals surface area contributed by atoms with Crippen molar-refractivity contribution in [2.75, 3.05) is 27.4 Å². The van der Waals surface area contributed by atoms with E-state index in [0.29, 0.717) is 39.2 Å². The van der Waals surface area contributed by atoms with E-state index in [4.69, 9.17) is 19.0 Å². The van der Waals surface area contributed by atoms with Crippen molar-refractivity contribution in [3.05, 3.63) is 52.0 Å². The van der Waals surface area contributed by atoms with E-state index in [-0.39, 0.29) is 17.1 Å². The van der Waals surface area contributed by atoms with Crippen LogP contribution in [0.1, 0.15) is 15.9 Å².